The first-order valence-corrected chi connectivity index (χ1v) is 6.52. The number of rotatable bonds is 4. The Labute approximate surface area is 107 Å². The molecule has 0 aliphatic rings. The molecule has 3 aromatic rings. The fourth-order valence-electron chi connectivity index (χ4n) is 2.47. The highest BCUT2D eigenvalue weighted by Gasteiger charge is 2.02. The summed E-state index contributed by atoms with van der Waals surface area (Å²) in [5.41, 5.74) is 4.10. The Morgan fingerprint density at radius 1 is 0.778 bits per heavy atom. The van der Waals surface area contributed by atoms with Gasteiger partial charge in [-0.1, -0.05) is 48.5 Å². The number of H-pyrrole nitrogens is 1. The summed E-state index contributed by atoms with van der Waals surface area (Å²) >= 11 is 0. The molecule has 0 aliphatic heterocycles. The maximum atomic E-state index is 3.34. The van der Waals surface area contributed by atoms with Crippen LogP contribution in [0.1, 0.15) is 17.5 Å². The van der Waals surface area contributed by atoms with Crippen LogP contribution in [0.3, 0.4) is 0 Å². The number of benzene rings is 2. The molecule has 1 nitrogen and oxygen atoms in total. The summed E-state index contributed by atoms with van der Waals surface area (Å²) in [4.78, 5) is 3.34. The van der Waals surface area contributed by atoms with Crippen molar-refractivity contribution in [3.05, 3.63) is 71.9 Å². The maximum Gasteiger partial charge on any atom is 0.0456 e. The van der Waals surface area contributed by atoms with Crippen molar-refractivity contribution in [2.24, 2.45) is 0 Å². The van der Waals surface area contributed by atoms with E-state index in [0.717, 1.165) is 12.8 Å². The van der Waals surface area contributed by atoms with Crippen LogP contribution < -0.4 is 0 Å². The monoisotopic (exact) mass is 235 g/mol. The summed E-state index contributed by atoms with van der Waals surface area (Å²) in [6.45, 7) is 0. The molecule has 0 atom stereocenters. The molecule has 1 heteroatoms. The zero-order valence-electron chi connectivity index (χ0n) is 10.4. The van der Waals surface area contributed by atoms with Gasteiger partial charge in [0.05, 0.1) is 0 Å². The van der Waals surface area contributed by atoms with Gasteiger partial charge >= 0.3 is 0 Å². The molecule has 0 fully saturated rings. The lowest BCUT2D eigenvalue weighted by molar-refractivity contribution is 0.825. The summed E-state index contributed by atoms with van der Waals surface area (Å²) in [5.74, 6) is 0. The number of nitrogens with one attached hydrogen (secondary N) is 1. The molecule has 1 heterocycles. The lowest BCUT2D eigenvalue weighted by Gasteiger charge is -2.01. The smallest absolute Gasteiger partial charge is 0.0456 e. The lowest BCUT2D eigenvalue weighted by Crippen LogP contribution is -1.88. The minimum absolute atomic E-state index is 1.14. The van der Waals surface area contributed by atoms with Crippen LogP contribution in [0.5, 0.6) is 0 Å². The molecule has 0 saturated heterocycles. The standard InChI is InChI=1S/C17H17N/c1-2-7-14(8-3-1)9-6-10-15-13-18-17-12-5-4-11-16(15)17/h1-5,7-8,11-13,18H,6,9-10H2. The van der Waals surface area contributed by atoms with E-state index < -0.39 is 0 Å². The largest absolute Gasteiger partial charge is 0.361 e. The minimum atomic E-state index is 1.14. The van der Waals surface area contributed by atoms with E-state index in [4.69, 9.17) is 0 Å². The summed E-state index contributed by atoms with van der Waals surface area (Å²) in [7, 11) is 0. The Morgan fingerprint density at radius 2 is 1.56 bits per heavy atom. The molecule has 0 amide bonds. The normalized spacial score (nSPS) is 10.9. The summed E-state index contributed by atoms with van der Waals surface area (Å²) in [6.07, 6.45) is 5.64. The molecule has 0 bridgehead atoms. The molecule has 0 aliphatic carbocycles. The van der Waals surface area contributed by atoms with Crippen molar-refractivity contribution in [2.45, 2.75) is 19.3 Å². The van der Waals surface area contributed by atoms with Gasteiger partial charge in [-0.05, 0) is 36.5 Å². The predicted octanol–water partition coefficient (Wildman–Crippen LogP) is 4.34. The van der Waals surface area contributed by atoms with Crippen LogP contribution in [0.2, 0.25) is 0 Å². The average molecular weight is 235 g/mol. The molecular weight excluding hydrogens is 218 g/mol. The second-order valence-corrected chi connectivity index (χ2v) is 4.70. The summed E-state index contributed by atoms with van der Waals surface area (Å²) in [6, 6.07) is 19.2. The van der Waals surface area contributed by atoms with E-state index in [0.29, 0.717) is 0 Å². The van der Waals surface area contributed by atoms with E-state index in [-0.39, 0.29) is 0 Å². The van der Waals surface area contributed by atoms with Crippen molar-refractivity contribution in [3.8, 4) is 0 Å². The molecule has 0 unspecified atom stereocenters. The topological polar surface area (TPSA) is 15.8 Å². The number of aromatic amines is 1. The molecule has 18 heavy (non-hydrogen) atoms. The van der Waals surface area contributed by atoms with Crippen molar-refractivity contribution >= 4 is 10.9 Å². The van der Waals surface area contributed by atoms with Crippen LogP contribution in [0, 0.1) is 0 Å². The number of hydrogen-bond donors (Lipinski definition) is 1. The Balaban J connectivity index is 1.67. The van der Waals surface area contributed by atoms with Gasteiger partial charge in [-0.3, -0.25) is 0 Å². The fraction of sp³-hybridized carbons (Fsp3) is 0.176. The zero-order chi connectivity index (χ0) is 12.2. The van der Waals surface area contributed by atoms with Crippen molar-refractivity contribution in [1.82, 2.24) is 4.98 Å². The van der Waals surface area contributed by atoms with Gasteiger partial charge in [0, 0.05) is 17.1 Å². The SMILES string of the molecule is c1ccc(CCCc2c[nH]c3ccccc23)cc1. The summed E-state index contributed by atoms with van der Waals surface area (Å²) in [5, 5.41) is 1.37. The number of hydrogen-bond acceptors (Lipinski definition) is 0. The van der Waals surface area contributed by atoms with Gasteiger partial charge in [0.2, 0.25) is 0 Å². The zero-order valence-corrected chi connectivity index (χ0v) is 10.4. The molecule has 1 N–H and O–H groups in total. The van der Waals surface area contributed by atoms with Gasteiger partial charge in [-0.25, -0.2) is 0 Å². The van der Waals surface area contributed by atoms with Gasteiger partial charge in [0.1, 0.15) is 0 Å². The van der Waals surface area contributed by atoms with Crippen LogP contribution in [0.4, 0.5) is 0 Å². The third-order valence-electron chi connectivity index (χ3n) is 3.43. The Morgan fingerprint density at radius 3 is 2.44 bits per heavy atom. The van der Waals surface area contributed by atoms with Gasteiger partial charge < -0.3 is 4.98 Å². The Hall–Kier alpha value is -2.02. The highest BCUT2D eigenvalue weighted by atomic mass is 14.7. The predicted molar refractivity (Wildman–Crippen MR) is 76.8 cm³/mol. The molecule has 0 saturated carbocycles. The van der Waals surface area contributed by atoms with E-state index in [1.807, 2.05) is 0 Å². The van der Waals surface area contributed by atoms with E-state index in [9.17, 15) is 0 Å². The Kier molecular flexibility index (Phi) is 3.14. The minimum Gasteiger partial charge on any atom is -0.361 e. The molecule has 2 aromatic carbocycles. The van der Waals surface area contributed by atoms with Crippen molar-refractivity contribution < 1.29 is 0 Å². The average Bonchev–Trinajstić information content (AvgIpc) is 2.84. The third-order valence-corrected chi connectivity index (χ3v) is 3.43. The van der Waals surface area contributed by atoms with E-state index >= 15 is 0 Å². The van der Waals surface area contributed by atoms with Crippen molar-refractivity contribution in [2.75, 3.05) is 0 Å². The van der Waals surface area contributed by atoms with Crippen LogP contribution in [-0.4, -0.2) is 4.98 Å². The number of aromatic nitrogens is 1. The number of fused-ring (bicyclic) bond motifs is 1. The fourth-order valence-corrected chi connectivity index (χ4v) is 2.47. The van der Waals surface area contributed by atoms with Crippen molar-refractivity contribution in [3.63, 3.8) is 0 Å². The van der Waals surface area contributed by atoms with Crippen LogP contribution in [-0.2, 0) is 12.8 Å². The first-order valence-electron chi connectivity index (χ1n) is 6.52. The number of aryl methyl sites for hydroxylation is 2. The van der Waals surface area contributed by atoms with E-state index in [2.05, 4.69) is 65.8 Å². The molecular formula is C17H17N. The third kappa shape index (κ3) is 2.30. The molecule has 0 spiro atoms. The van der Waals surface area contributed by atoms with E-state index in [1.165, 1.54) is 28.5 Å². The van der Waals surface area contributed by atoms with Crippen molar-refractivity contribution in [1.29, 1.82) is 0 Å². The summed E-state index contributed by atoms with van der Waals surface area (Å²) < 4.78 is 0. The van der Waals surface area contributed by atoms with Crippen LogP contribution in [0.15, 0.2) is 60.8 Å². The van der Waals surface area contributed by atoms with Gasteiger partial charge in [-0.15, -0.1) is 0 Å². The highest BCUT2D eigenvalue weighted by Crippen LogP contribution is 2.19. The van der Waals surface area contributed by atoms with Gasteiger partial charge in [0.15, 0.2) is 0 Å². The van der Waals surface area contributed by atoms with Gasteiger partial charge in [-0.2, -0.15) is 0 Å². The maximum absolute atomic E-state index is 3.34. The lowest BCUT2D eigenvalue weighted by atomic mass is 10.0. The highest BCUT2D eigenvalue weighted by molar-refractivity contribution is 5.82. The number of para-hydroxylation sites is 1. The molecule has 3 rings (SSSR count). The van der Waals surface area contributed by atoms with Crippen LogP contribution >= 0.6 is 0 Å². The Bertz CT molecular complexity index is 622. The molecule has 90 valence electrons. The first kappa shape index (κ1) is 11.1. The van der Waals surface area contributed by atoms with E-state index in [1.54, 1.807) is 0 Å². The van der Waals surface area contributed by atoms with Crippen LogP contribution in [0.25, 0.3) is 10.9 Å². The first-order chi connectivity index (χ1) is 8.93. The quantitative estimate of drug-likeness (QED) is 0.692. The second-order valence-electron chi connectivity index (χ2n) is 4.70. The second kappa shape index (κ2) is 5.09. The molecule has 1 aromatic heterocycles. The molecule has 0 radical (unpaired) electrons. The van der Waals surface area contributed by atoms with Gasteiger partial charge in [0.25, 0.3) is 0 Å².